The molecule has 0 saturated heterocycles. The fourth-order valence-electron chi connectivity index (χ4n) is 2.63. The van der Waals surface area contributed by atoms with Gasteiger partial charge in [0.25, 0.3) is 0 Å². The van der Waals surface area contributed by atoms with E-state index < -0.39 is 10.0 Å². The molecule has 0 heterocycles. The highest BCUT2D eigenvalue weighted by atomic mass is 32.2. The lowest BCUT2D eigenvalue weighted by molar-refractivity contribution is 0.578. The van der Waals surface area contributed by atoms with E-state index in [1.807, 2.05) is 6.92 Å². The van der Waals surface area contributed by atoms with Gasteiger partial charge in [-0.05, 0) is 31.9 Å². The zero-order valence-electron chi connectivity index (χ0n) is 13.8. The maximum Gasteiger partial charge on any atom is 0.240 e. The van der Waals surface area contributed by atoms with E-state index in [0.29, 0.717) is 19.1 Å². The van der Waals surface area contributed by atoms with E-state index in [2.05, 4.69) is 20.3 Å². The Hall–Kier alpha value is -1.60. The maximum absolute atomic E-state index is 12.2. The van der Waals surface area contributed by atoms with Gasteiger partial charge in [-0.1, -0.05) is 30.5 Å². The highest BCUT2D eigenvalue weighted by Crippen LogP contribution is 2.17. The van der Waals surface area contributed by atoms with Crippen LogP contribution in [0.25, 0.3) is 0 Å². The van der Waals surface area contributed by atoms with Crippen LogP contribution in [0, 0.1) is 6.92 Å². The van der Waals surface area contributed by atoms with Crippen molar-refractivity contribution < 1.29 is 8.42 Å². The predicted molar refractivity (Wildman–Crippen MR) is 93.1 cm³/mol. The lowest BCUT2D eigenvalue weighted by Gasteiger charge is -2.17. The number of sulfonamides is 1. The molecular formula is C16H26N4O2S. The van der Waals surface area contributed by atoms with Crippen molar-refractivity contribution in [1.82, 2.24) is 15.4 Å². The zero-order chi connectivity index (χ0) is 16.7. The Kier molecular flexibility index (Phi) is 6.41. The first-order chi connectivity index (χ1) is 11.0. The molecule has 23 heavy (non-hydrogen) atoms. The maximum atomic E-state index is 12.2. The molecule has 1 aromatic rings. The number of aliphatic imine (C=N–C) groups is 1. The first-order valence-electron chi connectivity index (χ1n) is 8.05. The molecule has 1 aliphatic carbocycles. The molecule has 0 aliphatic heterocycles. The van der Waals surface area contributed by atoms with Crippen LogP contribution in [0.1, 0.15) is 31.2 Å². The second-order valence-electron chi connectivity index (χ2n) is 5.84. The number of hydrogen-bond acceptors (Lipinski definition) is 3. The minimum Gasteiger partial charge on any atom is -0.355 e. The van der Waals surface area contributed by atoms with Crippen LogP contribution >= 0.6 is 0 Å². The number of hydrogen-bond donors (Lipinski definition) is 3. The molecule has 1 saturated carbocycles. The van der Waals surface area contributed by atoms with Gasteiger partial charge in [-0.2, -0.15) is 0 Å². The Morgan fingerprint density at radius 3 is 2.43 bits per heavy atom. The topological polar surface area (TPSA) is 82.6 Å². The predicted octanol–water partition coefficient (Wildman–Crippen LogP) is 1.38. The molecule has 0 spiro atoms. The summed E-state index contributed by atoms with van der Waals surface area (Å²) in [6.45, 7) is 2.72. The summed E-state index contributed by atoms with van der Waals surface area (Å²) in [5, 5.41) is 6.50. The standard InChI is InChI=1S/C16H26N4O2S/c1-13-7-9-15(10-8-13)23(21,22)19-12-11-18-16(17-2)20-14-5-3-4-6-14/h7-10,14,19H,3-6,11-12H2,1-2H3,(H2,17,18,20). The third-order valence-electron chi connectivity index (χ3n) is 3.96. The van der Waals surface area contributed by atoms with Crippen molar-refractivity contribution in [2.75, 3.05) is 20.1 Å². The average Bonchev–Trinajstić information content (AvgIpc) is 3.03. The van der Waals surface area contributed by atoms with Crippen LogP contribution in [0.2, 0.25) is 0 Å². The second kappa shape index (κ2) is 8.31. The SMILES string of the molecule is CN=C(NCCNS(=O)(=O)c1ccc(C)cc1)NC1CCCC1. The summed E-state index contributed by atoms with van der Waals surface area (Å²) in [6, 6.07) is 7.29. The van der Waals surface area contributed by atoms with Gasteiger partial charge in [0.2, 0.25) is 10.0 Å². The summed E-state index contributed by atoms with van der Waals surface area (Å²) in [7, 11) is -1.73. The minimum atomic E-state index is -3.45. The Labute approximate surface area is 138 Å². The lowest BCUT2D eigenvalue weighted by Crippen LogP contribution is -2.44. The fraction of sp³-hybridized carbons (Fsp3) is 0.562. The summed E-state index contributed by atoms with van der Waals surface area (Å²) in [5.41, 5.74) is 1.03. The Bertz CT molecular complexity index is 620. The van der Waals surface area contributed by atoms with E-state index in [4.69, 9.17) is 0 Å². The van der Waals surface area contributed by atoms with Gasteiger partial charge in [-0.25, -0.2) is 13.1 Å². The van der Waals surface area contributed by atoms with E-state index in [-0.39, 0.29) is 4.90 Å². The first-order valence-corrected chi connectivity index (χ1v) is 9.53. The molecular weight excluding hydrogens is 312 g/mol. The fourth-order valence-corrected chi connectivity index (χ4v) is 3.66. The number of nitrogens with one attached hydrogen (secondary N) is 3. The molecule has 2 rings (SSSR count). The van der Waals surface area contributed by atoms with Gasteiger partial charge >= 0.3 is 0 Å². The molecule has 1 aliphatic rings. The summed E-state index contributed by atoms with van der Waals surface area (Å²) < 4.78 is 26.9. The summed E-state index contributed by atoms with van der Waals surface area (Å²) in [5.74, 6) is 0.728. The number of nitrogens with zero attached hydrogens (tertiary/aromatic N) is 1. The van der Waals surface area contributed by atoms with Crippen LogP contribution in [0.4, 0.5) is 0 Å². The molecule has 1 fully saturated rings. The molecule has 0 atom stereocenters. The van der Waals surface area contributed by atoms with Crippen LogP contribution in [-0.4, -0.2) is 40.6 Å². The van der Waals surface area contributed by atoms with E-state index >= 15 is 0 Å². The lowest BCUT2D eigenvalue weighted by atomic mass is 10.2. The van der Waals surface area contributed by atoms with Gasteiger partial charge in [0.15, 0.2) is 5.96 Å². The molecule has 7 heteroatoms. The molecule has 0 unspecified atom stereocenters. The van der Waals surface area contributed by atoms with Gasteiger partial charge < -0.3 is 10.6 Å². The normalized spacial score (nSPS) is 16.5. The zero-order valence-corrected chi connectivity index (χ0v) is 14.6. The molecule has 0 bridgehead atoms. The van der Waals surface area contributed by atoms with E-state index in [1.54, 1.807) is 31.3 Å². The summed E-state index contributed by atoms with van der Waals surface area (Å²) >= 11 is 0. The number of aryl methyl sites for hydroxylation is 1. The van der Waals surface area contributed by atoms with Gasteiger partial charge in [0.05, 0.1) is 4.90 Å². The minimum absolute atomic E-state index is 0.288. The highest BCUT2D eigenvalue weighted by Gasteiger charge is 2.16. The first kappa shape index (κ1) is 17.7. The van der Waals surface area contributed by atoms with Crippen molar-refractivity contribution in [2.24, 2.45) is 4.99 Å². The number of rotatable bonds is 6. The number of benzene rings is 1. The molecule has 6 nitrogen and oxygen atoms in total. The highest BCUT2D eigenvalue weighted by molar-refractivity contribution is 7.89. The van der Waals surface area contributed by atoms with Crippen molar-refractivity contribution in [3.8, 4) is 0 Å². The molecule has 128 valence electrons. The monoisotopic (exact) mass is 338 g/mol. The second-order valence-corrected chi connectivity index (χ2v) is 7.60. The van der Waals surface area contributed by atoms with Crippen LogP contribution in [-0.2, 0) is 10.0 Å². The molecule has 1 aromatic carbocycles. The van der Waals surface area contributed by atoms with E-state index in [9.17, 15) is 8.42 Å². The largest absolute Gasteiger partial charge is 0.355 e. The smallest absolute Gasteiger partial charge is 0.240 e. The molecule has 0 amide bonds. The van der Waals surface area contributed by atoms with Crippen molar-refractivity contribution in [3.05, 3.63) is 29.8 Å². The van der Waals surface area contributed by atoms with Crippen molar-refractivity contribution in [1.29, 1.82) is 0 Å². The van der Waals surface area contributed by atoms with Gasteiger partial charge in [-0.3, -0.25) is 4.99 Å². The van der Waals surface area contributed by atoms with E-state index in [1.165, 1.54) is 25.7 Å². The molecule has 3 N–H and O–H groups in total. The van der Waals surface area contributed by atoms with Crippen LogP contribution in [0.5, 0.6) is 0 Å². The Morgan fingerprint density at radius 2 is 1.83 bits per heavy atom. The van der Waals surface area contributed by atoms with Gasteiger partial charge in [0, 0.05) is 26.2 Å². The summed E-state index contributed by atoms with van der Waals surface area (Å²) in [4.78, 5) is 4.46. The molecule has 0 radical (unpaired) electrons. The van der Waals surface area contributed by atoms with Crippen molar-refractivity contribution >= 4 is 16.0 Å². The van der Waals surface area contributed by atoms with Crippen LogP contribution in [0.3, 0.4) is 0 Å². The average molecular weight is 338 g/mol. The van der Waals surface area contributed by atoms with Crippen LogP contribution in [0.15, 0.2) is 34.2 Å². The summed E-state index contributed by atoms with van der Waals surface area (Å²) in [6.07, 6.45) is 4.84. The van der Waals surface area contributed by atoms with Crippen molar-refractivity contribution in [2.45, 2.75) is 43.5 Å². The number of guanidine groups is 1. The Balaban J connectivity index is 1.76. The van der Waals surface area contributed by atoms with Gasteiger partial charge in [-0.15, -0.1) is 0 Å². The van der Waals surface area contributed by atoms with Gasteiger partial charge in [0.1, 0.15) is 0 Å². The quantitative estimate of drug-likeness (QED) is 0.416. The van der Waals surface area contributed by atoms with Crippen LogP contribution < -0.4 is 15.4 Å². The third kappa shape index (κ3) is 5.51. The van der Waals surface area contributed by atoms with E-state index in [0.717, 1.165) is 11.5 Å². The Morgan fingerprint density at radius 1 is 1.17 bits per heavy atom. The molecule has 0 aromatic heterocycles. The van der Waals surface area contributed by atoms with Crippen molar-refractivity contribution in [3.63, 3.8) is 0 Å². The third-order valence-corrected chi connectivity index (χ3v) is 5.44.